The molecule has 0 aromatic rings. The van der Waals surface area contributed by atoms with Crippen molar-refractivity contribution in [2.24, 2.45) is 0 Å². The SMILES string of the molecule is CCCC(C)OC[O]. The summed E-state index contributed by atoms with van der Waals surface area (Å²) in [5.74, 6) is 0. The van der Waals surface area contributed by atoms with Gasteiger partial charge < -0.3 is 4.74 Å². The van der Waals surface area contributed by atoms with Crippen molar-refractivity contribution in [2.45, 2.75) is 32.8 Å². The molecule has 0 rings (SSSR count). The molecule has 1 radical (unpaired) electrons. The summed E-state index contributed by atoms with van der Waals surface area (Å²) in [6.45, 7) is 3.59. The fraction of sp³-hybridized carbons (Fsp3) is 1.00. The van der Waals surface area contributed by atoms with Gasteiger partial charge >= 0.3 is 0 Å². The zero-order valence-electron chi connectivity index (χ0n) is 5.52. The first-order chi connectivity index (χ1) is 3.81. The second kappa shape index (κ2) is 5.06. The Labute approximate surface area is 50.5 Å². The normalized spacial score (nSPS) is 13.9. The van der Waals surface area contributed by atoms with Crippen LogP contribution in [-0.2, 0) is 9.84 Å². The van der Waals surface area contributed by atoms with Gasteiger partial charge in [0.15, 0.2) is 6.79 Å². The summed E-state index contributed by atoms with van der Waals surface area (Å²) >= 11 is 0. The first-order valence-electron chi connectivity index (χ1n) is 3.01. The molecule has 0 aliphatic heterocycles. The van der Waals surface area contributed by atoms with Crippen LogP contribution in [0.2, 0.25) is 0 Å². The maximum absolute atomic E-state index is 9.79. The summed E-state index contributed by atoms with van der Waals surface area (Å²) in [7, 11) is 0. The van der Waals surface area contributed by atoms with Crippen LogP contribution in [0.25, 0.3) is 0 Å². The Kier molecular flexibility index (Phi) is 5.01. The maximum Gasteiger partial charge on any atom is 0.181 e. The Morgan fingerprint density at radius 2 is 2.25 bits per heavy atom. The Bertz CT molecular complexity index is 39.8. The van der Waals surface area contributed by atoms with Crippen molar-refractivity contribution in [2.75, 3.05) is 6.79 Å². The van der Waals surface area contributed by atoms with Crippen molar-refractivity contribution in [3.63, 3.8) is 0 Å². The van der Waals surface area contributed by atoms with Crippen molar-refractivity contribution >= 4 is 0 Å². The van der Waals surface area contributed by atoms with Crippen LogP contribution in [-0.4, -0.2) is 12.9 Å². The summed E-state index contributed by atoms with van der Waals surface area (Å²) in [4.78, 5) is 0. The van der Waals surface area contributed by atoms with Crippen molar-refractivity contribution in [1.82, 2.24) is 0 Å². The molecule has 0 fully saturated rings. The maximum atomic E-state index is 9.79. The molecule has 0 aliphatic carbocycles. The number of ether oxygens (including phenoxy) is 1. The van der Waals surface area contributed by atoms with Crippen LogP contribution in [0.1, 0.15) is 26.7 Å². The molecule has 0 aromatic carbocycles. The monoisotopic (exact) mass is 117 g/mol. The van der Waals surface area contributed by atoms with Gasteiger partial charge in [-0.15, -0.1) is 0 Å². The average Bonchev–Trinajstić information content (AvgIpc) is 1.68. The van der Waals surface area contributed by atoms with E-state index in [0.29, 0.717) is 0 Å². The van der Waals surface area contributed by atoms with E-state index in [1.54, 1.807) is 0 Å². The van der Waals surface area contributed by atoms with Gasteiger partial charge in [0, 0.05) is 0 Å². The van der Waals surface area contributed by atoms with E-state index >= 15 is 0 Å². The second-order valence-electron chi connectivity index (χ2n) is 1.88. The minimum atomic E-state index is -0.402. The summed E-state index contributed by atoms with van der Waals surface area (Å²) in [6.07, 6.45) is 2.22. The highest BCUT2D eigenvalue weighted by Gasteiger charge is 1.96. The van der Waals surface area contributed by atoms with Crippen LogP contribution in [0.4, 0.5) is 0 Å². The fourth-order valence-electron chi connectivity index (χ4n) is 0.606. The highest BCUT2D eigenvalue weighted by molar-refractivity contribution is 4.44. The lowest BCUT2D eigenvalue weighted by Crippen LogP contribution is -2.06. The fourth-order valence-corrected chi connectivity index (χ4v) is 0.606. The molecule has 0 spiro atoms. The molecule has 0 aliphatic rings. The van der Waals surface area contributed by atoms with E-state index in [0.717, 1.165) is 12.8 Å². The highest BCUT2D eigenvalue weighted by Crippen LogP contribution is 1.98. The lowest BCUT2D eigenvalue weighted by Gasteiger charge is -2.06. The Hall–Kier alpha value is -0.0800. The molecule has 0 aromatic heterocycles. The van der Waals surface area contributed by atoms with Crippen LogP contribution < -0.4 is 0 Å². The molecular weight excluding hydrogens is 104 g/mol. The predicted octanol–water partition coefficient (Wildman–Crippen LogP) is 1.58. The molecule has 1 unspecified atom stereocenters. The van der Waals surface area contributed by atoms with Crippen molar-refractivity contribution in [3.8, 4) is 0 Å². The smallest absolute Gasteiger partial charge is 0.181 e. The zero-order chi connectivity index (χ0) is 6.41. The number of hydrogen-bond donors (Lipinski definition) is 0. The molecule has 0 N–H and O–H groups in total. The van der Waals surface area contributed by atoms with Gasteiger partial charge in [0.1, 0.15) is 0 Å². The summed E-state index contributed by atoms with van der Waals surface area (Å²) in [6, 6.07) is 0. The largest absolute Gasteiger partial charge is 0.349 e. The first kappa shape index (κ1) is 7.92. The molecule has 0 bridgehead atoms. The molecule has 0 amide bonds. The van der Waals surface area contributed by atoms with Gasteiger partial charge in [-0.1, -0.05) is 13.3 Å². The van der Waals surface area contributed by atoms with E-state index < -0.39 is 6.79 Å². The van der Waals surface area contributed by atoms with E-state index in [9.17, 15) is 5.11 Å². The van der Waals surface area contributed by atoms with Gasteiger partial charge in [0.2, 0.25) is 0 Å². The minimum Gasteiger partial charge on any atom is -0.349 e. The van der Waals surface area contributed by atoms with E-state index in [1.807, 2.05) is 6.92 Å². The Morgan fingerprint density at radius 1 is 1.62 bits per heavy atom. The average molecular weight is 117 g/mol. The molecule has 0 saturated carbocycles. The van der Waals surface area contributed by atoms with Crippen molar-refractivity contribution in [3.05, 3.63) is 0 Å². The summed E-state index contributed by atoms with van der Waals surface area (Å²) in [5, 5.41) is 9.79. The highest BCUT2D eigenvalue weighted by atomic mass is 16.6. The van der Waals surface area contributed by atoms with Gasteiger partial charge in [0.05, 0.1) is 6.10 Å². The van der Waals surface area contributed by atoms with E-state index in [2.05, 4.69) is 6.92 Å². The molecule has 2 nitrogen and oxygen atoms in total. The standard InChI is InChI=1S/C6H13O2/c1-3-4-6(2)8-5-7/h6H,3-5H2,1-2H3. The Balaban J connectivity index is 2.92. The second-order valence-corrected chi connectivity index (χ2v) is 1.88. The van der Waals surface area contributed by atoms with Crippen LogP contribution >= 0.6 is 0 Å². The molecule has 8 heavy (non-hydrogen) atoms. The zero-order valence-corrected chi connectivity index (χ0v) is 5.52. The number of hydrogen-bond acceptors (Lipinski definition) is 1. The third-order valence-corrected chi connectivity index (χ3v) is 1.05. The third-order valence-electron chi connectivity index (χ3n) is 1.05. The van der Waals surface area contributed by atoms with Crippen LogP contribution in [0.5, 0.6) is 0 Å². The van der Waals surface area contributed by atoms with Gasteiger partial charge in [-0.2, -0.15) is 0 Å². The predicted molar refractivity (Wildman–Crippen MR) is 31.0 cm³/mol. The lowest BCUT2D eigenvalue weighted by atomic mass is 10.2. The van der Waals surface area contributed by atoms with Crippen LogP contribution in [0.15, 0.2) is 0 Å². The molecule has 1 atom stereocenters. The molecular formula is C6H13O2. The lowest BCUT2D eigenvalue weighted by molar-refractivity contribution is -0.0794. The molecule has 49 valence electrons. The van der Waals surface area contributed by atoms with Crippen LogP contribution in [0, 0.1) is 0 Å². The van der Waals surface area contributed by atoms with E-state index in [1.165, 1.54) is 0 Å². The molecule has 0 saturated heterocycles. The quantitative estimate of drug-likeness (QED) is 0.514. The van der Waals surface area contributed by atoms with Gasteiger partial charge in [-0.05, 0) is 13.3 Å². The van der Waals surface area contributed by atoms with Crippen LogP contribution in [0.3, 0.4) is 0 Å². The van der Waals surface area contributed by atoms with E-state index in [-0.39, 0.29) is 6.10 Å². The third kappa shape index (κ3) is 4.09. The minimum absolute atomic E-state index is 0.150. The first-order valence-corrected chi connectivity index (χ1v) is 3.01. The van der Waals surface area contributed by atoms with Gasteiger partial charge in [-0.3, -0.25) is 0 Å². The topological polar surface area (TPSA) is 29.1 Å². The van der Waals surface area contributed by atoms with Crippen molar-refractivity contribution in [1.29, 1.82) is 0 Å². The van der Waals surface area contributed by atoms with Gasteiger partial charge in [0.25, 0.3) is 0 Å². The Morgan fingerprint density at radius 3 is 2.62 bits per heavy atom. The van der Waals surface area contributed by atoms with Gasteiger partial charge in [-0.25, -0.2) is 5.11 Å². The molecule has 0 heterocycles. The molecule has 2 heteroatoms. The summed E-state index contributed by atoms with van der Waals surface area (Å²) in [5.41, 5.74) is 0. The van der Waals surface area contributed by atoms with Crippen molar-refractivity contribution < 1.29 is 9.84 Å². The van der Waals surface area contributed by atoms with E-state index in [4.69, 9.17) is 4.74 Å². The number of rotatable bonds is 4. The summed E-state index contributed by atoms with van der Waals surface area (Å²) < 4.78 is 4.73.